The van der Waals surface area contributed by atoms with Crippen molar-refractivity contribution in [2.75, 3.05) is 0 Å². The second-order valence-corrected chi connectivity index (χ2v) is 5.41. The van der Waals surface area contributed by atoms with E-state index in [-0.39, 0.29) is 6.04 Å². The largest absolute Gasteiger partial charge is 0.435 e. The van der Waals surface area contributed by atoms with Gasteiger partial charge in [-0.25, -0.2) is 0 Å². The molecule has 4 nitrogen and oxygen atoms in total. The van der Waals surface area contributed by atoms with Gasteiger partial charge < -0.3 is 0 Å². The zero-order valence-corrected chi connectivity index (χ0v) is 12.5. The van der Waals surface area contributed by atoms with Gasteiger partial charge in [-0.1, -0.05) is 6.92 Å². The van der Waals surface area contributed by atoms with E-state index in [0.717, 1.165) is 6.07 Å². The summed E-state index contributed by atoms with van der Waals surface area (Å²) < 4.78 is 38.6. The minimum Gasteiger partial charge on any atom is -0.297 e. The molecule has 1 aromatic rings. The minimum absolute atomic E-state index is 0.172. The predicted molar refractivity (Wildman–Crippen MR) is 73.4 cm³/mol. The smallest absolute Gasteiger partial charge is 0.297 e. The molecule has 1 unspecified atom stereocenters. The maximum absolute atomic E-state index is 12.4. The van der Waals surface area contributed by atoms with Crippen molar-refractivity contribution in [2.45, 2.75) is 64.3 Å². The van der Waals surface area contributed by atoms with Crippen molar-refractivity contribution in [3.05, 3.63) is 18.0 Å². The number of nitrogens with one attached hydrogen (secondary N) is 1. The van der Waals surface area contributed by atoms with Crippen LogP contribution in [0.25, 0.3) is 0 Å². The van der Waals surface area contributed by atoms with Gasteiger partial charge in [0.1, 0.15) is 5.54 Å². The quantitative estimate of drug-likeness (QED) is 0.840. The molecular formula is C14H21F3N4. The first-order chi connectivity index (χ1) is 9.72. The molecule has 0 bridgehead atoms. The van der Waals surface area contributed by atoms with Crippen LogP contribution >= 0.6 is 0 Å². The molecule has 1 rings (SSSR count). The number of aryl methyl sites for hydroxylation is 1. The number of nitriles is 1. The summed E-state index contributed by atoms with van der Waals surface area (Å²) in [4.78, 5) is 0. The highest BCUT2D eigenvalue weighted by Gasteiger charge is 2.33. The van der Waals surface area contributed by atoms with Crippen LogP contribution in [0, 0.1) is 11.3 Å². The lowest BCUT2D eigenvalue weighted by Crippen LogP contribution is -2.47. The molecule has 0 fully saturated rings. The predicted octanol–water partition coefficient (Wildman–Crippen LogP) is 3.35. The van der Waals surface area contributed by atoms with E-state index in [2.05, 4.69) is 16.5 Å². The summed E-state index contributed by atoms with van der Waals surface area (Å²) in [7, 11) is 0. The van der Waals surface area contributed by atoms with Crippen molar-refractivity contribution in [2.24, 2.45) is 0 Å². The lowest BCUT2D eigenvalue weighted by molar-refractivity contribution is -0.141. The molecule has 1 heterocycles. The van der Waals surface area contributed by atoms with E-state index in [1.807, 2.05) is 20.8 Å². The maximum Gasteiger partial charge on any atom is 0.435 e. The van der Waals surface area contributed by atoms with E-state index in [1.54, 1.807) is 0 Å². The van der Waals surface area contributed by atoms with E-state index in [4.69, 9.17) is 0 Å². The summed E-state index contributed by atoms with van der Waals surface area (Å²) in [5.41, 5.74) is -1.52. The molecule has 0 spiro atoms. The number of nitrogens with zero attached hydrogens (tertiary/aromatic N) is 3. The highest BCUT2D eigenvalue weighted by molar-refractivity contribution is 5.07. The number of alkyl halides is 3. The van der Waals surface area contributed by atoms with Crippen molar-refractivity contribution in [3.8, 4) is 6.07 Å². The van der Waals surface area contributed by atoms with Crippen molar-refractivity contribution >= 4 is 0 Å². The third kappa shape index (κ3) is 5.05. The van der Waals surface area contributed by atoms with E-state index >= 15 is 0 Å². The Bertz CT molecular complexity index is 487. The van der Waals surface area contributed by atoms with Crippen LogP contribution in [0.2, 0.25) is 0 Å². The molecule has 118 valence electrons. The Hall–Kier alpha value is -1.55. The molecule has 1 N–H and O–H groups in total. The van der Waals surface area contributed by atoms with Gasteiger partial charge in [0.15, 0.2) is 5.69 Å². The Labute approximate surface area is 122 Å². The Kier molecular flexibility index (Phi) is 5.78. The van der Waals surface area contributed by atoms with Gasteiger partial charge in [0, 0.05) is 18.8 Å². The number of halogens is 3. The Morgan fingerprint density at radius 1 is 1.43 bits per heavy atom. The molecular weight excluding hydrogens is 281 g/mol. The zero-order valence-electron chi connectivity index (χ0n) is 12.5. The molecule has 0 saturated heterocycles. The first-order valence-electron chi connectivity index (χ1n) is 7.02. The maximum atomic E-state index is 12.4. The van der Waals surface area contributed by atoms with Gasteiger partial charge in [-0.2, -0.15) is 23.5 Å². The molecule has 0 aromatic carbocycles. The normalized spacial score (nSPS) is 15.0. The van der Waals surface area contributed by atoms with E-state index in [9.17, 15) is 18.4 Å². The zero-order chi connectivity index (χ0) is 16.1. The van der Waals surface area contributed by atoms with Gasteiger partial charge in [0.25, 0.3) is 0 Å². The van der Waals surface area contributed by atoms with Crippen LogP contribution in [0.1, 0.15) is 45.7 Å². The molecule has 0 aliphatic rings. The van der Waals surface area contributed by atoms with Crippen molar-refractivity contribution < 1.29 is 13.2 Å². The van der Waals surface area contributed by atoms with Gasteiger partial charge in [-0.15, -0.1) is 0 Å². The SMILES string of the molecule is CCC(C#N)(CCCn1ccc(C(F)(F)F)n1)NC(C)C. The standard InChI is InChI=1S/C14H21F3N4/c1-4-13(10-18,19-11(2)3)7-5-8-21-9-6-12(20-21)14(15,16)17/h6,9,11,19H,4-5,7-8H2,1-3H3. The van der Waals surface area contributed by atoms with Crippen molar-refractivity contribution in [1.82, 2.24) is 15.1 Å². The summed E-state index contributed by atoms with van der Waals surface area (Å²) in [5, 5.41) is 16.1. The minimum atomic E-state index is -4.41. The van der Waals surface area contributed by atoms with Crippen LogP contribution in [0.3, 0.4) is 0 Å². The average molecular weight is 302 g/mol. The van der Waals surface area contributed by atoms with Crippen molar-refractivity contribution in [3.63, 3.8) is 0 Å². The van der Waals surface area contributed by atoms with Gasteiger partial charge in [-0.3, -0.25) is 10.00 Å². The highest BCUT2D eigenvalue weighted by Crippen LogP contribution is 2.27. The molecule has 0 aliphatic carbocycles. The fraction of sp³-hybridized carbons (Fsp3) is 0.714. The number of aromatic nitrogens is 2. The highest BCUT2D eigenvalue weighted by atomic mass is 19.4. The third-order valence-corrected chi connectivity index (χ3v) is 3.30. The molecule has 0 saturated carbocycles. The monoisotopic (exact) mass is 302 g/mol. The van der Waals surface area contributed by atoms with Gasteiger partial charge in [0.2, 0.25) is 0 Å². The summed E-state index contributed by atoms with van der Waals surface area (Å²) in [6.45, 7) is 6.21. The Morgan fingerprint density at radius 2 is 2.10 bits per heavy atom. The lowest BCUT2D eigenvalue weighted by atomic mass is 9.91. The van der Waals surface area contributed by atoms with Crippen LogP contribution in [-0.2, 0) is 12.7 Å². The van der Waals surface area contributed by atoms with Gasteiger partial charge >= 0.3 is 6.18 Å². The average Bonchev–Trinajstić information content (AvgIpc) is 2.85. The fourth-order valence-corrected chi connectivity index (χ4v) is 2.25. The first-order valence-corrected chi connectivity index (χ1v) is 7.02. The van der Waals surface area contributed by atoms with E-state index < -0.39 is 17.4 Å². The second-order valence-electron chi connectivity index (χ2n) is 5.41. The van der Waals surface area contributed by atoms with Crippen LogP contribution in [-0.4, -0.2) is 21.4 Å². The number of rotatable bonds is 7. The Balaban J connectivity index is 2.59. The molecule has 0 amide bonds. The van der Waals surface area contributed by atoms with Crippen molar-refractivity contribution in [1.29, 1.82) is 5.26 Å². The van der Waals surface area contributed by atoms with Gasteiger partial charge in [0.05, 0.1) is 6.07 Å². The van der Waals surface area contributed by atoms with Crippen LogP contribution in [0.4, 0.5) is 13.2 Å². The second kappa shape index (κ2) is 6.94. The van der Waals surface area contributed by atoms with Crippen LogP contribution < -0.4 is 5.32 Å². The van der Waals surface area contributed by atoms with E-state index in [1.165, 1.54) is 10.9 Å². The first kappa shape index (κ1) is 17.5. The molecule has 0 aliphatic heterocycles. The summed E-state index contributed by atoms with van der Waals surface area (Å²) >= 11 is 0. The third-order valence-electron chi connectivity index (χ3n) is 3.30. The molecule has 21 heavy (non-hydrogen) atoms. The van der Waals surface area contributed by atoms with Crippen LogP contribution in [0.15, 0.2) is 12.3 Å². The number of hydrogen-bond donors (Lipinski definition) is 1. The molecule has 1 aromatic heterocycles. The lowest BCUT2D eigenvalue weighted by Gasteiger charge is -2.29. The number of hydrogen-bond acceptors (Lipinski definition) is 3. The molecule has 7 heteroatoms. The fourth-order valence-electron chi connectivity index (χ4n) is 2.25. The summed E-state index contributed by atoms with van der Waals surface area (Å²) in [5.74, 6) is 0. The summed E-state index contributed by atoms with van der Waals surface area (Å²) in [6, 6.07) is 3.43. The van der Waals surface area contributed by atoms with Crippen LogP contribution in [0.5, 0.6) is 0 Å². The summed E-state index contributed by atoms with van der Waals surface area (Å²) in [6.07, 6.45) is -1.29. The molecule has 0 radical (unpaired) electrons. The molecule has 1 atom stereocenters. The van der Waals surface area contributed by atoms with E-state index in [0.29, 0.717) is 25.8 Å². The topological polar surface area (TPSA) is 53.6 Å². The Morgan fingerprint density at radius 3 is 2.52 bits per heavy atom. The van der Waals surface area contributed by atoms with Gasteiger partial charge in [-0.05, 0) is 39.2 Å².